The number of hydrogen-bond donors (Lipinski definition) is 1. The minimum Gasteiger partial charge on any atom is -0.354 e. The van der Waals surface area contributed by atoms with E-state index in [-0.39, 0.29) is 29.5 Å². The van der Waals surface area contributed by atoms with Gasteiger partial charge in [-0.25, -0.2) is 8.42 Å². The van der Waals surface area contributed by atoms with Gasteiger partial charge in [0.05, 0.1) is 10.6 Å². The van der Waals surface area contributed by atoms with Crippen molar-refractivity contribution < 1.29 is 18.0 Å². The van der Waals surface area contributed by atoms with Gasteiger partial charge in [0.2, 0.25) is 11.8 Å². The third-order valence-electron chi connectivity index (χ3n) is 6.38. The van der Waals surface area contributed by atoms with Gasteiger partial charge in [0.25, 0.3) is 10.0 Å². The van der Waals surface area contributed by atoms with E-state index in [9.17, 15) is 18.0 Å². The molecular formula is C29H32Cl3N3O4S. The first-order valence-electron chi connectivity index (χ1n) is 12.8. The van der Waals surface area contributed by atoms with Crippen LogP contribution < -0.4 is 9.62 Å². The van der Waals surface area contributed by atoms with Crippen LogP contribution in [0.4, 0.5) is 5.69 Å². The van der Waals surface area contributed by atoms with Crippen LogP contribution in [0.25, 0.3) is 0 Å². The molecule has 0 aromatic heterocycles. The number of amides is 2. The summed E-state index contributed by atoms with van der Waals surface area (Å²) < 4.78 is 28.7. The summed E-state index contributed by atoms with van der Waals surface area (Å²) in [6.07, 6.45) is 0.995. The number of anilines is 1. The van der Waals surface area contributed by atoms with Gasteiger partial charge in [-0.15, -0.1) is 0 Å². The second-order valence-electron chi connectivity index (χ2n) is 9.20. The highest BCUT2D eigenvalue weighted by molar-refractivity contribution is 7.92. The molecule has 0 saturated heterocycles. The van der Waals surface area contributed by atoms with Crippen LogP contribution in [-0.2, 0) is 26.2 Å². The lowest BCUT2D eigenvalue weighted by Gasteiger charge is -2.33. The largest absolute Gasteiger partial charge is 0.354 e. The van der Waals surface area contributed by atoms with Crippen LogP contribution in [-0.4, -0.2) is 44.3 Å². The molecular weight excluding hydrogens is 593 g/mol. The molecule has 214 valence electrons. The van der Waals surface area contributed by atoms with Crippen LogP contribution in [0.3, 0.4) is 0 Å². The molecule has 0 heterocycles. The van der Waals surface area contributed by atoms with Gasteiger partial charge in [-0.05, 0) is 61.7 Å². The van der Waals surface area contributed by atoms with Crippen LogP contribution in [0.15, 0.2) is 71.6 Å². The Hall–Kier alpha value is -2.78. The van der Waals surface area contributed by atoms with E-state index >= 15 is 0 Å². The Balaban J connectivity index is 2.10. The van der Waals surface area contributed by atoms with Crippen LogP contribution in [0.5, 0.6) is 0 Å². The topological polar surface area (TPSA) is 86.8 Å². The maximum atomic E-state index is 14.1. The summed E-state index contributed by atoms with van der Waals surface area (Å²) in [6, 6.07) is 16.7. The lowest BCUT2D eigenvalue weighted by Crippen LogP contribution is -2.52. The fourth-order valence-electron chi connectivity index (χ4n) is 4.12. The number of carbonyl (C=O) groups excluding carboxylic acids is 2. The summed E-state index contributed by atoms with van der Waals surface area (Å²) in [5, 5.41) is 3.84. The first kappa shape index (κ1) is 31.7. The van der Waals surface area contributed by atoms with E-state index in [1.165, 1.54) is 23.1 Å². The average Bonchev–Trinajstić information content (AvgIpc) is 2.93. The Labute approximate surface area is 251 Å². The number of nitrogens with one attached hydrogen (secondary N) is 1. The van der Waals surface area contributed by atoms with Gasteiger partial charge in [-0.3, -0.25) is 13.9 Å². The molecule has 0 fully saturated rings. The average molecular weight is 625 g/mol. The quantitative estimate of drug-likeness (QED) is 0.250. The van der Waals surface area contributed by atoms with E-state index in [4.69, 9.17) is 34.8 Å². The van der Waals surface area contributed by atoms with E-state index in [1.54, 1.807) is 62.4 Å². The lowest BCUT2D eigenvalue weighted by molar-refractivity contribution is -0.140. The predicted molar refractivity (Wildman–Crippen MR) is 162 cm³/mol. The van der Waals surface area contributed by atoms with Gasteiger partial charge < -0.3 is 10.2 Å². The number of aryl methyl sites for hydroxylation is 1. The highest BCUT2D eigenvalue weighted by atomic mass is 35.5. The van der Waals surface area contributed by atoms with Gasteiger partial charge in [0.15, 0.2) is 0 Å². The third kappa shape index (κ3) is 7.49. The highest BCUT2D eigenvalue weighted by Crippen LogP contribution is 2.30. The number of benzene rings is 3. The van der Waals surface area contributed by atoms with Gasteiger partial charge >= 0.3 is 0 Å². The fraction of sp³-hybridized carbons (Fsp3) is 0.310. The maximum Gasteiger partial charge on any atom is 0.264 e. The van der Waals surface area contributed by atoms with Crippen LogP contribution in [0, 0.1) is 6.92 Å². The van der Waals surface area contributed by atoms with Gasteiger partial charge in [0.1, 0.15) is 12.6 Å². The lowest BCUT2D eigenvalue weighted by atomic mass is 10.1. The van der Waals surface area contributed by atoms with Gasteiger partial charge in [-0.1, -0.05) is 79.0 Å². The smallest absolute Gasteiger partial charge is 0.264 e. The number of halogens is 3. The molecule has 0 bridgehead atoms. The van der Waals surface area contributed by atoms with Gasteiger partial charge in [-0.2, -0.15) is 0 Å². The standard InChI is InChI=1S/C29H32Cl3N3O4S/c1-4-16-33-29(37)27(5-2)34(18-23-24(30)12-9-13-25(23)31)28(36)19-35(21-15-14-20(3)26(32)17-21)40(38,39)22-10-7-6-8-11-22/h6-15,17,27H,4-5,16,18-19H2,1-3H3,(H,33,37)/t27-/m0/s1. The number of sulfonamides is 1. The summed E-state index contributed by atoms with van der Waals surface area (Å²) in [5.74, 6) is -0.956. The molecule has 7 nitrogen and oxygen atoms in total. The van der Waals surface area contributed by atoms with Crippen molar-refractivity contribution in [2.24, 2.45) is 0 Å². The Bertz CT molecular complexity index is 1430. The van der Waals surface area contributed by atoms with Crippen molar-refractivity contribution in [1.29, 1.82) is 0 Å². The summed E-state index contributed by atoms with van der Waals surface area (Å²) in [6.45, 7) is 5.25. The first-order chi connectivity index (χ1) is 19.0. The SMILES string of the molecule is CCCNC(=O)[C@H](CC)N(Cc1c(Cl)cccc1Cl)C(=O)CN(c1ccc(C)c(Cl)c1)S(=O)(=O)c1ccccc1. The molecule has 40 heavy (non-hydrogen) atoms. The number of hydrogen-bond acceptors (Lipinski definition) is 4. The first-order valence-corrected chi connectivity index (χ1v) is 15.4. The third-order valence-corrected chi connectivity index (χ3v) is 9.28. The number of nitrogens with zero attached hydrogens (tertiary/aromatic N) is 2. The Kier molecular flexibility index (Phi) is 11.3. The van der Waals surface area contributed by atoms with E-state index in [2.05, 4.69) is 5.32 Å². The number of carbonyl (C=O) groups is 2. The summed E-state index contributed by atoms with van der Waals surface area (Å²) >= 11 is 19.2. The molecule has 0 unspecified atom stereocenters. The van der Waals surface area contributed by atoms with E-state index in [0.29, 0.717) is 33.6 Å². The molecule has 1 atom stereocenters. The molecule has 0 spiro atoms. The monoisotopic (exact) mass is 623 g/mol. The zero-order valence-corrected chi connectivity index (χ0v) is 25.6. The van der Waals surface area contributed by atoms with Crippen LogP contribution in [0.2, 0.25) is 15.1 Å². The molecule has 2 amide bonds. The molecule has 0 aliphatic rings. The maximum absolute atomic E-state index is 14.1. The molecule has 11 heteroatoms. The van der Waals surface area contributed by atoms with Crippen molar-refractivity contribution >= 4 is 62.3 Å². The zero-order chi connectivity index (χ0) is 29.4. The number of rotatable bonds is 12. The van der Waals surface area contributed by atoms with Crippen molar-refractivity contribution in [3.05, 3.63) is 92.9 Å². The van der Waals surface area contributed by atoms with E-state index in [1.807, 2.05) is 6.92 Å². The molecule has 0 aliphatic carbocycles. The minimum atomic E-state index is -4.19. The Morgan fingerprint density at radius 2 is 1.55 bits per heavy atom. The molecule has 0 aliphatic heterocycles. The Morgan fingerprint density at radius 1 is 0.900 bits per heavy atom. The second kappa shape index (κ2) is 14.2. The van der Waals surface area contributed by atoms with Crippen LogP contribution in [0.1, 0.15) is 37.8 Å². The zero-order valence-electron chi connectivity index (χ0n) is 22.5. The molecule has 3 rings (SSSR count). The van der Waals surface area contributed by atoms with E-state index < -0.39 is 28.5 Å². The second-order valence-corrected chi connectivity index (χ2v) is 12.3. The molecule has 3 aromatic carbocycles. The van der Waals surface area contributed by atoms with Crippen molar-refractivity contribution in [1.82, 2.24) is 10.2 Å². The Morgan fingerprint density at radius 3 is 2.12 bits per heavy atom. The highest BCUT2D eigenvalue weighted by Gasteiger charge is 2.34. The van der Waals surface area contributed by atoms with Crippen LogP contribution >= 0.6 is 34.8 Å². The molecule has 0 saturated carbocycles. The van der Waals surface area contributed by atoms with Crippen molar-refractivity contribution in [2.75, 3.05) is 17.4 Å². The summed E-state index contributed by atoms with van der Waals surface area (Å²) in [4.78, 5) is 28.6. The normalized spacial score (nSPS) is 12.1. The predicted octanol–water partition coefficient (Wildman–Crippen LogP) is 6.48. The van der Waals surface area contributed by atoms with Crippen molar-refractivity contribution in [3.8, 4) is 0 Å². The summed E-state index contributed by atoms with van der Waals surface area (Å²) in [7, 11) is -4.19. The summed E-state index contributed by atoms with van der Waals surface area (Å²) in [5.41, 5.74) is 1.42. The molecule has 0 radical (unpaired) electrons. The van der Waals surface area contributed by atoms with Crippen molar-refractivity contribution in [3.63, 3.8) is 0 Å². The molecule has 1 N–H and O–H groups in total. The van der Waals surface area contributed by atoms with Crippen molar-refractivity contribution in [2.45, 2.75) is 51.1 Å². The fourth-order valence-corrected chi connectivity index (χ4v) is 6.24. The van der Waals surface area contributed by atoms with Gasteiger partial charge in [0, 0.05) is 33.7 Å². The van der Waals surface area contributed by atoms with E-state index in [0.717, 1.165) is 9.87 Å². The minimum absolute atomic E-state index is 0.00734. The molecule has 3 aromatic rings.